The fourth-order valence-corrected chi connectivity index (χ4v) is 7.16. The number of hydrogen-bond acceptors (Lipinski definition) is 7. The molecule has 0 aliphatic carbocycles. The lowest BCUT2D eigenvalue weighted by Gasteiger charge is -2.10. The molecular weight excluding hydrogens is 749 g/mol. The maximum absolute atomic E-state index is 13.4. The largest absolute Gasteiger partial charge is 0.494 e. The molecule has 0 unspecified atom stereocenters. The highest BCUT2D eigenvalue weighted by Gasteiger charge is 2.12. The van der Waals surface area contributed by atoms with Gasteiger partial charge in [-0.2, -0.15) is 0 Å². The Bertz CT molecular complexity index is 2010. The van der Waals surface area contributed by atoms with E-state index in [1.165, 1.54) is 70.6 Å². The minimum Gasteiger partial charge on any atom is -0.494 e. The minimum absolute atomic E-state index is 0.0493. The highest BCUT2D eigenvalue weighted by molar-refractivity contribution is 5.90. The van der Waals surface area contributed by atoms with Crippen LogP contribution in [0.3, 0.4) is 0 Å². The summed E-state index contributed by atoms with van der Waals surface area (Å²) >= 11 is 0. The van der Waals surface area contributed by atoms with Crippen molar-refractivity contribution in [1.82, 2.24) is 0 Å². The van der Waals surface area contributed by atoms with E-state index in [4.69, 9.17) is 23.4 Å². The maximum Gasteiger partial charge on any atom is 0.338 e. The van der Waals surface area contributed by atoms with Crippen LogP contribution in [-0.4, -0.2) is 32.4 Å². The lowest BCUT2D eigenvalue weighted by molar-refractivity contribution is 0.0447. The Morgan fingerprint density at radius 1 is 0.550 bits per heavy atom. The van der Waals surface area contributed by atoms with Gasteiger partial charge in [-0.05, 0) is 90.4 Å². The molecule has 0 amide bonds. The molecule has 322 valence electrons. The molecule has 0 bridgehead atoms. The third kappa shape index (κ3) is 15.5. The van der Waals surface area contributed by atoms with E-state index in [9.17, 15) is 9.59 Å². The van der Waals surface area contributed by atoms with Crippen LogP contribution >= 0.6 is 0 Å². The van der Waals surface area contributed by atoms with E-state index in [0.29, 0.717) is 54.4 Å². The lowest BCUT2D eigenvalue weighted by atomic mass is 10.0. The first-order valence-corrected chi connectivity index (χ1v) is 22.9. The van der Waals surface area contributed by atoms with Crippen LogP contribution in [0.15, 0.2) is 106 Å². The number of carbonyl (C=O) groups excluding carboxylic acids is 1. The summed E-state index contributed by atoms with van der Waals surface area (Å²) in [5.74, 6) is 2.51. The zero-order valence-corrected chi connectivity index (χ0v) is 36.5. The molecule has 7 heteroatoms. The number of ether oxygens (including phenoxy) is 4. The smallest absolute Gasteiger partial charge is 0.338 e. The van der Waals surface area contributed by atoms with Crippen molar-refractivity contribution in [2.24, 2.45) is 5.92 Å². The first-order valence-electron chi connectivity index (χ1n) is 22.9. The summed E-state index contributed by atoms with van der Waals surface area (Å²) in [6.07, 6.45) is 21.9. The monoisotopic (exact) mass is 816 g/mol. The van der Waals surface area contributed by atoms with Crippen molar-refractivity contribution in [1.29, 1.82) is 0 Å². The number of esters is 1. The number of unbranched alkanes of at least 4 members (excludes halogenated alkanes) is 14. The van der Waals surface area contributed by atoms with Crippen LogP contribution in [0.25, 0.3) is 33.2 Å². The van der Waals surface area contributed by atoms with Gasteiger partial charge >= 0.3 is 5.97 Å². The molecule has 60 heavy (non-hydrogen) atoms. The van der Waals surface area contributed by atoms with Gasteiger partial charge in [-0.15, -0.1) is 0 Å². The molecule has 0 spiro atoms. The first kappa shape index (κ1) is 46.0. The standard InChI is InChI=1S/C53H68O7/c1-4-6-7-8-9-12-15-18-36-57-47-31-27-44(28-32-47)50-40-59-51-38-48(33-34-49(51)52(50)54)58-37-20-17-14-11-10-13-16-19-35-56-46-29-25-43(26-30-46)42-21-23-45(24-22-42)53(55)60-39-41(3)5-2/h21-34,38,40-41H,4-20,35-37,39H2,1-3H3/t41-/m0/s1. The van der Waals surface area contributed by atoms with Crippen LogP contribution in [0.4, 0.5) is 0 Å². The highest BCUT2D eigenvalue weighted by atomic mass is 16.5. The molecular formula is C53H68O7. The summed E-state index contributed by atoms with van der Waals surface area (Å²) in [4.78, 5) is 25.7. The second kappa shape index (κ2) is 26.2. The Morgan fingerprint density at radius 3 is 1.52 bits per heavy atom. The van der Waals surface area contributed by atoms with Gasteiger partial charge in [0.1, 0.15) is 29.1 Å². The zero-order valence-electron chi connectivity index (χ0n) is 36.5. The van der Waals surface area contributed by atoms with Crippen LogP contribution in [0.2, 0.25) is 0 Å². The zero-order chi connectivity index (χ0) is 42.2. The molecule has 1 aromatic heterocycles. The average molecular weight is 817 g/mol. The van der Waals surface area contributed by atoms with E-state index in [1.54, 1.807) is 12.3 Å². The number of benzene rings is 4. The van der Waals surface area contributed by atoms with Crippen molar-refractivity contribution in [3.8, 4) is 39.5 Å². The van der Waals surface area contributed by atoms with Crippen LogP contribution in [-0.2, 0) is 4.74 Å². The molecule has 0 saturated carbocycles. The predicted molar refractivity (Wildman–Crippen MR) is 246 cm³/mol. The Kier molecular flexibility index (Phi) is 20.1. The summed E-state index contributed by atoms with van der Waals surface area (Å²) in [5, 5.41) is 0.549. The molecule has 0 aliphatic rings. The maximum atomic E-state index is 13.4. The van der Waals surface area contributed by atoms with Crippen molar-refractivity contribution in [3.05, 3.63) is 113 Å². The van der Waals surface area contributed by atoms with Crippen LogP contribution in [0, 0.1) is 5.92 Å². The molecule has 4 aromatic carbocycles. The summed E-state index contributed by atoms with van der Waals surface area (Å²) in [6.45, 7) is 8.94. The number of hydrogen-bond donors (Lipinski definition) is 0. The SMILES string of the molecule is CCCCCCCCCCOc1ccc(-c2coc3cc(OCCCCCCCCCCOc4ccc(-c5ccc(C(=O)OC[C@@H](C)CC)cc5)cc4)ccc3c2=O)cc1. The van der Waals surface area contributed by atoms with E-state index < -0.39 is 0 Å². The van der Waals surface area contributed by atoms with Crippen LogP contribution < -0.4 is 19.6 Å². The molecule has 1 heterocycles. The van der Waals surface area contributed by atoms with E-state index in [1.807, 2.05) is 72.8 Å². The van der Waals surface area contributed by atoms with E-state index >= 15 is 0 Å². The fraction of sp³-hybridized carbons (Fsp3) is 0.472. The molecule has 0 N–H and O–H groups in total. The third-order valence-corrected chi connectivity index (χ3v) is 11.3. The van der Waals surface area contributed by atoms with Crippen molar-refractivity contribution in [3.63, 3.8) is 0 Å². The second-order valence-electron chi connectivity index (χ2n) is 16.2. The third-order valence-electron chi connectivity index (χ3n) is 11.3. The summed E-state index contributed by atoms with van der Waals surface area (Å²) in [5.41, 5.74) is 4.55. The van der Waals surface area contributed by atoms with E-state index in [2.05, 4.69) is 32.9 Å². The molecule has 5 rings (SSSR count). The molecule has 1 atom stereocenters. The molecule has 5 aromatic rings. The molecule has 0 saturated heterocycles. The van der Waals surface area contributed by atoms with Gasteiger partial charge in [-0.3, -0.25) is 4.79 Å². The van der Waals surface area contributed by atoms with Crippen molar-refractivity contribution in [2.75, 3.05) is 26.4 Å². The summed E-state index contributed by atoms with van der Waals surface area (Å²) in [7, 11) is 0. The Hall–Kier alpha value is -5.04. The quantitative estimate of drug-likeness (QED) is 0.0351. The fourth-order valence-electron chi connectivity index (χ4n) is 7.16. The predicted octanol–water partition coefficient (Wildman–Crippen LogP) is 14.4. The molecule has 7 nitrogen and oxygen atoms in total. The summed E-state index contributed by atoms with van der Waals surface area (Å²) in [6, 6.07) is 28.9. The topological polar surface area (TPSA) is 84.2 Å². The van der Waals surface area contributed by atoms with Crippen molar-refractivity contribution in [2.45, 2.75) is 130 Å². The normalized spacial score (nSPS) is 11.7. The molecule has 0 aliphatic heterocycles. The number of fused-ring (bicyclic) bond motifs is 1. The van der Waals surface area contributed by atoms with Gasteiger partial charge in [0.15, 0.2) is 5.43 Å². The van der Waals surface area contributed by atoms with Gasteiger partial charge in [0.05, 0.1) is 42.9 Å². The lowest BCUT2D eigenvalue weighted by Crippen LogP contribution is -2.11. The van der Waals surface area contributed by atoms with Crippen molar-refractivity contribution >= 4 is 16.9 Å². The van der Waals surface area contributed by atoms with E-state index in [0.717, 1.165) is 72.5 Å². The van der Waals surface area contributed by atoms with Gasteiger partial charge < -0.3 is 23.4 Å². The van der Waals surface area contributed by atoms with Crippen LogP contribution in [0.1, 0.15) is 140 Å². The Labute approximate surface area is 358 Å². The summed E-state index contributed by atoms with van der Waals surface area (Å²) < 4.78 is 29.3. The van der Waals surface area contributed by atoms with Crippen molar-refractivity contribution < 1.29 is 28.2 Å². The van der Waals surface area contributed by atoms with Gasteiger partial charge in [-0.25, -0.2) is 4.79 Å². The Balaban J connectivity index is 0.893. The number of rotatable bonds is 29. The van der Waals surface area contributed by atoms with Gasteiger partial charge in [0.25, 0.3) is 0 Å². The highest BCUT2D eigenvalue weighted by Crippen LogP contribution is 2.26. The van der Waals surface area contributed by atoms with Gasteiger partial charge in [-0.1, -0.05) is 147 Å². The van der Waals surface area contributed by atoms with E-state index in [-0.39, 0.29) is 11.4 Å². The van der Waals surface area contributed by atoms with Gasteiger partial charge in [0.2, 0.25) is 0 Å². The second-order valence-corrected chi connectivity index (χ2v) is 16.2. The number of carbonyl (C=O) groups is 1. The minimum atomic E-state index is -0.271. The van der Waals surface area contributed by atoms with Gasteiger partial charge in [0, 0.05) is 6.07 Å². The molecule has 0 fully saturated rings. The average Bonchev–Trinajstić information content (AvgIpc) is 3.28. The molecule has 0 radical (unpaired) electrons. The first-order chi connectivity index (χ1) is 29.4. The van der Waals surface area contributed by atoms with Crippen LogP contribution in [0.5, 0.6) is 17.2 Å². The Morgan fingerprint density at radius 2 is 1.00 bits per heavy atom.